The van der Waals surface area contributed by atoms with Gasteiger partial charge in [-0.1, -0.05) is 102 Å². The minimum absolute atomic E-state index is 0. The number of halogens is 15. The van der Waals surface area contributed by atoms with Gasteiger partial charge in [0, 0.05) is 272 Å². The van der Waals surface area contributed by atoms with Crippen LogP contribution >= 0.6 is 66.1 Å². The highest BCUT2D eigenvalue weighted by Crippen LogP contribution is 2.42. The zero-order chi connectivity index (χ0) is 109. The summed E-state index contributed by atoms with van der Waals surface area (Å²) < 4.78 is 188. The van der Waals surface area contributed by atoms with Gasteiger partial charge in [0.05, 0.1) is 58.5 Å². The van der Waals surface area contributed by atoms with Gasteiger partial charge in [-0.25, -0.2) is 90.2 Å². The molecule has 0 spiro atoms. The molecular weight excluding hydrogens is 2140 g/mol. The minimum atomic E-state index is -2.63. The van der Waals surface area contributed by atoms with Gasteiger partial charge in [-0.2, -0.15) is 37.0 Å². The second-order valence-electron chi connectivity index (χ2n) is 41.5. The average Bonchev–Trinajstić information content (AvgIpc) is 0.762. The van der Waals surface area contributed by atoms with Crippen LogP contribution in [0, 0.1) is 13.1 Å². The van der Waals surface area contributed by atoms with Crippen LogP contribution in [0.25, 0.3) is 31.2 Å². The molecule has 10 aliphatic rings. The van der Waals surface area contributed by atoms with Crippen LogP contribution in [0.5, 0.6) is 6.01 Å². The number of rotatable bonds is 18. The predicted molar refractivity (Wildman–Crippen MR) is 581 cm³/mol. The first-order chi connectivity index (χ1) is 69.7. The van der Waals surface area contributed by atoms with Crippen LogP contribution in [-0.4, -0.2) is 353 Å². The van der Waals surface area contributed by atoms with E-state index in [1.165, 1.54) is 11.3 Å². The van der Waals surface area contributed by atoms with E-state index in [4.69, 9.17) is 85.4 Å². The fourth-order valence-corrected chi connectivity index (χ4v) is 19.2. The topological polar surface area (TPSA) is 254 Å². The molecule has 8 fully saturated rings. The van der Waals surface area contributed by atoms with Gasteiger partial charge >= 0.3 is 24.3 Å². The van der Waals surface area contributed by atoms with E-state index in [-0.39, 0.29) is 173 Å². The molecule has 46 heteroatoms. The van der Waals surface area contributed by atoms with Gasteiger partial charge in [0.1, 0.15) is 47.1 Å². The molecule has 12 heterocycles. The molecule has 6 aromatic rings. The number of carbonyl (C=O) groups is 3. The fourth-order valence-electron chi connectivity index (χ4n) is 18.1. The highest BCUT2D eigenvalue weighted by atomic mass is 79.9. The van der Waals surface area contributed by atoms with Gasteiger partial charge in [-0.05, 0) is 130 Å². The second-order valence-corrected chi connectivity index (χ2v) is 44.4. The van der Waals surface area contributed by atoms with Crippen LogP contribution in [0.2, 0.25) is 10.0 Å². The number of anilines is 4. The first-order valence-corrected chi connectivity index (χ1v) is 54.5. The molecule has 3 amide bonds. The van der Waals surface area contributed by atoms with E-state index >= 15 is 0 Å². The van der Waals surface area contributed by atoms with Crippen LogP contribution in [0.3, 0.4) is 0 Å². The van der Waals surface area contributed by atoms with Crippen LogP contribution in [-0.2, 0) is 50.9 Å². The summed E-state index contributed by atoms with van der Waals surface area (Å²) in [4.78, 5) is 85.2. The van der Waals surface area contributed by atoms with Crippen molar-refractivity contribution in [3.8, 4) is 6.01 Å². The lowest BCUT2D eigenvalue weighted by atomic mass is 10.0. The van der Waals surface area contributed by atoms with Gasteiger partial charge in [0.2, 0.25) is 18.2 Å². The van der Waals surface area contributed by atoms with Crippen LogP contribution in [0.4, 0.5) is 90.1 Å². The first-order valence-electron chi connectivity index (χ1n) is 51.1. The molecule has 842 valence electrons. The molecule has 0 bridgehead atoms. The SMILES string of the molecule is CC(C)(C)OC(=O)N1CCC(F)(F)CC1.CCCBr.CCCN1CCC(F)(F)CC1.FC1(F)CCNCC1.OCCN1CCC(F)(F)CC1.OCCN1CCC(F)(F)CC1.S.S.[C-]#[N+]C[C@H]1CN(c2nc(OCCN3CCC(F)(F)CC3)nc3c2CCN(c2cccc4cccc(Cl)c24)C3)CCN1C(=O)OC(C)(C)C.[C-]#[N+]C[C@H]1CN(c2nc(S(C)=O)nc3c2CCN(c2cccc4cccc(Cl)c24)C3)CCN1C(=O)OC(C)(C)C. The lowest BCUT2D eigenvalue weighted by Gasteiger charge is -2.41. The monoisotopic (exact) mass is 2290 g/mol. The molecule has 4 aromatic carbocycles. The number of nitrogens with zero attached hydrogens (tertiary/aromatic N) is 17. The third kappa shape index (κ3) is 41.7. The molecule has 2 aromatic heterocycles. The Morgan fingerprint density at radius 2 is 0.800 bits per heavy atom. The quantitative estimate of drug-likeness (QED) is 0.0238. The number of hydrogen-bond acceptors (Lipinski definition) is 23. The summed E-state index contributed by atoms with van der Waals surface area (Å²) >= 11 is 16.6. The van der Waals surface area contributed by atoms with Crippen LogP contribution < -0.4 is 29.7 Å². The molecule has 1 unspecified atom stereocenters. The molecule has 16 rings (SSSR count). The van der Waals surface area contributed by atoms with Crippen LogP contribution in [0.15, 0.2) is 78.0 Å². The van der Waals surface area contributed by atoms with Gasteiger partial charge in [0.25, 0.3) is 35.5 Å². The van der Waals surface area contributed by atoms with Gasteiger partial charge in [-0.15, -0.1) is 0 Å². The van der Waals surface area contributed by atoms with Crippen molar-refractivity contribution < 1.29 is 100 Å². The third-order valence-corrected chi connectivity index (χ3v) is 28.2. The third-order valence-electron chi connectivity index (χ3n) is 26.1. The van der Waals surface area contributed by atoms with Gasteiger partial charge in [-0.3, -0.25) is 18.9 Å². The zero-order valence-electron chi connectivity index (χ0n) is 88.4. The van der Waals surface area contributed by atoms with Crippen molar-refractivity contribution >= 4 is 140 Å². The molecule has 28 nitrogen and oxygen atoms in total. The maximum atomic E-state index is 13.7. The number of carbonyl (C=O) groups excluding carboxylic acids is 3. The number of hydrogen-bond donors (Lipinski definition) is 3. The van der Waals surface area contributed by atoms with Crippen molar-refractivity contribution in [1.82, 2.24) is 59.6 Å². The lowest BCUT2D eigenvalue weighted by Crippen LogP contribution is -2.57. The molecule has 150 heavy (non-hydrogen) atoms. The van der Waals surface area contributed by atoms with Crippen molar-refractivity contribution in [3.05, 3.63) is 128 Å². The summed E-state index contributed by atoms with van der Waals surface area (Å²) in [5.41, 5.74) is 3.91. The van der Waals surface area contributed by atoms with E-state index in [2.05, 4.69) is 106 Å². The molecule has 10 aliphatic heterocycles. The Balaban J connectivity index is 0.000000262. The summed E-state index contributed by atoms with van der Waals surface area (Å²) in [6, 6.07) is 23.6. The Hall–Kier alpha value is -7.86. The molecule has 8 saturated heterocycles. The summed E-state index contributed by atoms with van der Waals surface area (Å²) in [5, 5.41) is 26.8. The fraction of sp³-hybridized carbons (Fsp3) is 0.683. The number of likely N-dealkylation sites (tertiary alicyclic amines) is 5. The summed E-state index contributed by atoms with van der Waals surface area (Å²) in [5.74, 6) is -13.5. The van der Waals surface area contributed by atoms with Crippen molar-refractivity contribution in [2.75, 3.05) is 221 Å². The normalized spacial score (nSPS) is 20.6. The van der Waals surface area contributed by atoms with E-state index in [0.29, 0.717) is 160 Å². The maximum absolute atomic E-state index is 13.7. The van der Waals surface area contributed by atoms with Crippen molar-refractivity contribution in [2.45, 2.75) is 262 Å². The first kappa shape index (κ1) is 129. The van der Waals surface area contributed by atoms with Gasteiger partial charge < -0.3 is 83.4 Å². The number of β-amino-alcohol motifs (C(OH)–C–C–N with tert-alkyl or cyclic N) is 2. The Bertz CT molecular complexity index is 5230. The Labute approximate surface area is 910 Å². The second kappa shape index (κ2) is 59.3. The van der Waals surface area contributed by atoms with E-state index in [1.54, 1.807) is 36.8 Å². The van der Waals surface area contributed by atoms with Gasteiger partial charge in [0.15, 0.2) is 0 Å². The number of ether oxygens (including phenoxy) is 4. The summed E-state index contributed by atoms with van der Waals surface area (Å²) in [7, 11) is -1.38. The summed E-state index contributed by atoms with van der Waals surface area (Å²) in [6.07, 6.45) is 2.93. The maximum Gasteiger partial charge on any atom is 0.410 e. The Kier molecular flexibility index (Phi) is 51.0. The number of nitrogens with one attached hydrogen (secondary N) is 1. The van der Waals surface area contributed by atoms with E-state index in [9.17, 15) is 71.3 Å². The Morgan fingerprint density at radius 1 is 0.460 bits per heavy atom. The van der Waals surface area contributed by atoms with E-state index in [0.717, 1.165) is 98.5 Å². The average molecular weight is 2290 g/mol. The van der Waals surface area contributed by atoms with E-state index < -0.39 is 81.4 Å². The predicted octanol–water partition coefficient (Wildman–Crippen LogP) is 20.5. The largest absolute Gasteiger partial charge is 0.462 e. The molecule has 3 N–H and O–H groups in total. The van der Waals surface area contributed by atoms with E-state index in [1.807, 2.05) is 92.6 Å². The number of aromatic nitrogens is 4. The smallest absolute Gasteiger partial charge is 0.410 e. The van der Waals surface area contributed by atoms with Crippen molar-refractivity contribution in [2.24, 2.45) is 0 Å². The number of alkyl halides is 13. The number of aliphatic hydroxyl groups excluding tert-OH is 2. The molecule has 0 aliphatic carbocycles. The summed E-state index contributed by atoms with van der Waals surface area (Å²) in [6.45, 7) is 48.4. The van der Waals surface area contributed by atoms with Crippen molar-refractivity contribution in [3.63, 3.8) is 0 Å². The molecule has 0 radical (unpaired) electrons. The highest BCUT2D eigenvalue weighted by molar-refractivity contribution is 9.09. The number of aliphatic hydroxyl groups is 2. The number of piperazine rings is 2. The molecule has 3 atom stereocenters. The molecule has 0 saturated carbocycles. The lowest BCUT2D eigenvalue weighted by molar-refractivity contribution is -0.0593. The number of benzene rings is 4. The highest BCUT2D eigenvalue weighted by Gasteiger charge is 2.44. The standard InChI is InChI=1S/C35H42ClF2N7O3.C29H33ClN6O3S.C10H17F2NO2.C8H15F2N.2C7H13F2NO.C5H9F2N.C3H7Br.2H2S/c1-34(2,3)48-33(46)45-18-17-44(22-25(45)21-39-4)31-26-11-14-43(29-10-6-8-24-7-5-9-27(36)30(24)29)23-28(26)40-32(41-31)47-20-19-42-15-12-35(37,38)13-16-42;1-29(2,3)39-28(37)36-15-14-35(17-20(36)16-31-4)26-21-12-13-34(18-23(21)32-27(33-26)40(5)38)24-11-7-9-19-8-6-10-22(30)25(19)24;1-9(2,3)15-8(14)13-6-4-10(11,12)5-7-13;1-2-5-11-6-3-8(9,10)4-7-11;2*8-7(9)1-3-10(4-2-7)5-6-11;6-5(7)1-3-8-4-2-5;1-2-3-4;;/h5-10,25H,11-23H2,1-3H3;6-11,20H,12-18H2,1-3,5H3;4-7H2,1-3H3;2-7H2,1H3;2*11H,1-6H2;8H,1-4H2;2-3H2,1H3;2*1H2/t25-;20-,40?;;;;;;;;/m00......../s1. The number of fused-ring (bicyclic) bond motifs is 4. The van der Waals surface area contributed by atoms with Crippen molar-refractivity contribution in [1.29, 1.82) is 0 Å². The Morgan fingerprint density at radius 3 is 1.14 bits per heavy atom. The molecular formula is C104H153BrCl2F12N18O10S3. The minimum Gasteiger partial charge on any atom is -0.462 e. The number of amides is 3. The van der Waals surface area contributed by atoms with Crippen LogP contribution in [0.1, 0.15) is 189 Å². The number of piperidine rings is 6. The zero-order valence-corrected chi connectivity index (χ0v) is 94.3.